The van der Waals surface area contributed by atoms with Gasteiger partial charge in [0.2, 0.25) is 5.91 Å². The number of aryl methyl sites for hydroxylation is 1. The average molecular weight is 410 g/mol. The normalized spacial score (nSPS) is 16.8. The molecule has 1 atom stereocenters. The first kappa shape index (κ1) is 20.0. The number of carbonyl (C=O) groups excluding carboxylic acids is 1. The molecule has 29 heavy (non-hydrogen) atoms. The fraction of sp³-hybridized carbons (Fsp3) is 0.375. The topological polar surface area (TPSA) is 37.3 Å². The van der Waals surface area contributed by atoms with E-state index in [4.69, 9.17) is 11.6 Å². The van der Waals surface area contributed by atoms with E-state index in [9.17, 15) is 4.79 Å². The molecule has 1 aliphatic heterocycles. The van der Waals surface area contributed by atoms with Crippen LogP contribution in [0.1, 0.15) is 36.9 Å². The van der Waals surface area contributed by atoms with E-state index in [1.807, 2.05) is 31.2 Å². The molecule has 5 heteroatoms. The highest BCUT2D eigenvalue weighted by molar-refractivity contribution is 6.31. The summed E-state index contributed by atoms with van der Waals surface area (Å²) in [5.41, 5.74) is 3.65. The third-order valence-electron chi connectivity index (χ3n) is 6.04. The number of nitrogens with one attached hydrogen (secondary N) is 1. The fourth-order valence-electron chi connectivity index (χ4n) is 4.32. The number of aromatic nitrogens is 1. The van der Waals surface area contributed by atoms with Gasteiger partial charge < -0.3 is 9.88 Å². The maximum Gasteiger partial charge on any atom is 0.223 e. The maximum atomic E-state index is 12.7. The fourth-order valence-corrected chi connectivity index (χ4v) is 4.49. The van der Waals surface area contributed by atoms with Gasteiger partial charge in [-0.15, -0.1) is 0 Å². The van der Waals surface area contributed by atoms with Crippen molar-refractivity contribution in [2.45, 2.75) is 32.4 Å². The molecule has 1 N–H and O–H groups in total. The summed E-state index contributed by atoms with van der Waals surface area (Å²) in [5, 5.41) is 5.18. The molecular weight excluding hydrogens is 382 g/mol. The van der Waals surface area contributed by atoms with Crippen LogP contribution in [-0.2, 0) is 18.4 Å². The van der Waals surface area contributed by atoms with Gasteiger partial charge in [-0.05, 0) is 62.2 Å². The number of likely N-dealkylation sites (tertiary alicyclic amines) is 1. The van der Waals surface area contributed by atoms with E-state index < -0.39 is 0 Å². The smallest absolute Gasteiger partial charge is 0.223 e. The lowest BCUT2D eigenvalue weighted by molar-refractivity contribution is -0.127. The van der Waals surface area contributed by atoms with Crippen molar-refractivity contribution in [1.29, 1.82) is 0 Å². The molecule has 0 spiro atoms. The molecule has 1 fully saturated rings. The molecule has 1 unspecified atom stereocenters. The Kier molecular flexibility index (Phi) is 5.93. The Morgan fingerprint density at radius 1 is 1.17 bits per heavy atom. The van der Waals surface area contributed by atoms with Crippen LogP contribution in [0.5, 0.6) is 0 Å². The molecule has 0 aliphatic carbocycles. The number of hydrogen-bond acceptors (Lipinski definition) is 2. The van der Waals surface area contributed by atoms with Gasteiger partial charge in [0.1, 0.15) is 0 Å². The minimum atomic E-state index is 0.0437. The first-order chi connectivity index (χ1) is 14.0. The number of carbonyl (C=O) groups is 1. The van der Waals surface area contributed by atoms with Gasteiger partial charge in [0.15, 0.2) is 0 Å². The van der Waals surface area contributed by atoms with Gasteiger partial charge >= 0.3 is 0 Å². The Morgan fingerprint density at radius 3 is 2.62 bits per heavy atom. The molecular formula is C24H28ClN3O. The Balaban J connectivity index is 1.34. The molecule has 1 aromatic heterocycles. The Morgan fingerprint density at radius 2 is 1.90 bits per heavy atom. The molecule has 1 saturated heterocycles. The number of benzene rings is 2. The second-order valence-electron chi connectivity index (χ2n) is 8.12. The van der Waals surface area contributed by atoms with Crippen LogP contribution in [-0.4, -0.2) is 28.5 Å². The molecule has 1 amide bonds. The predicted molar refractivity (Wildman–Crippen MR) is 119 cm³/mol. The van der Waals surface area contributed by atoms with Gasteiger partial charge in [-0.25, -0.2) is 0 Å². The van der Waals surface area contributed by atoms with Crippen molar-refractivity contribution in [1.82, 2.24) is 14.8 Å². The van der Waals surface area contributed by atoms with Crippen molar-refractivity contribution >= 4 is 28.4 Å². The summed E-state index contributed by atoms with van der Waals surface area (Å²) >= 11 is 6.22. The van der Waals surface area contributed by atoms with E-state index in [0.717, 1.165) is 43.1 Å². The van der Waals surface area contributed by atoms with Crippen molar-refractivity contribution in [3.8, 4) is 0 Å². The van der Waals surface area contributed by atoms with Crippen molar-refractivity contribution < 1.29 is 4.79 Å². The van der Waals surface area contributed by atoms with Gasteiger partial charge in [-0.2, -0.15) is 0 Å². The van der Waals surface area contributed by atoms with Crippen LogP contribution in [0.15, 0.2) is 54.7 Å². The largest absolute Gasteiger partial charge is 0.350 e. The molecule has 0 radical (unpaired) electrons. The van der Waals surface area contributed by atoms with Gasteiger partial charge in [-0.3, -0.25) is 9.69 Å². The van der Waals surface area contributed by atoms with Crippen LogP contribution in [0.4, 0.5) is 0 Å². The van der Waals surface area contributed by atoms with Gasteiger partial charge in [-0.1, -0.05) is 41.9 Å². The molecule has 2 heterocycles. The summed E-state index contributed by atoms with van der Waals surface area (Å²) in [6.07, 6.45) is 4.00. The Labute approximate surface area is 177 Å². The predicted octanol–water partition coefficient (Wildman–Crippen LogP) is 4.92. The summed E-state index contributed by atoms with van der Waals surface area (Å²) in [6, 6.07) is 16.2. The summed E-state index contributed by atoms with van der Waals surface area (Å²) in [4.78, 5) is 15.2. The van der Waals surface area contributed by atoms with Crippen LogP contribution in [0.2, 0.25) is 5.02 Å². The zero-order chi connectivity index (χ0) is 20.4. The SMILES string of the molecule is CC(NC(=O)C1CCN(Cc2cn(C)c3ccc(Cl)cc23)CC1)c1ccccc1. The summed E-state index contributed by atoms with van der Waals surface area (Å²) in [5.74, 6) is 0.275. The first-order valence-corrected chi connectivity index (χ1v) is 10.7. The van der Waals surface area contributed by atoms with E-state index in [-0.39, 0.29) is 17.9 Å². The van der Waals surface area contributed by atoms with E-state index in [1.54, 1.807) is 0 Å². The molecule has 4 nitrogen and oxygen atoms in total. The number of nitrogens with zero attached hydrogens (tertiary/aromatic N) is 2. The number of halogens is 1. The lowest BCUT2D eigenvalue weighted by atomic mass is 9.95. The molecule has 1 aliphatic rings. The first-order valence-electron chi connectivity index (χ1n) is 10.3. The van der Waals surface area contributed by atoms with Crippen LogP contribution >= 0.6 is 11.6 Å². The highest BCUT2D eigenvalue weighted by atomic mass is 35.5. The van der Waals surface area contributed by atoms with Gasteiger partial charge in [0.05, 0.1) is 6.04 Å². The summed E-state index contributed by atoms with van der Waals surface area (Å²) < 4.78 is 2.16. The lowest BCUT2D eigenvalue weighted by Gasteiger charge is -2.31. The van der Waals surface area contributed by atoms with E-state index >= 15 is 0 Å². The van der Waals surface area contributed by atoms with E-state index in [1.165, 1.54) is 16.5 Å². The van der Waals surface area contributed by atoms with Gasteiger partial charge in [0, 0.05) is 41.6 Å². The summed E-state index contributed by atoms with van der Waals surface area (Å²) in [6.45, 7) is 4.82. The third-order valence-corrected chi connectivity index (χ3v) is 6.28. The second kappa shape index (κ2) is 8.60. The zero-order valence-electron chi connectivity index (χ0n) is 17.1. The Bertz CT molecular complexity index is 990. The molecule has 2 aromatic carbocycles. The second-order valence-corrected chi connectivity index (χ2v) is 8.55. The number of hydrogen-bond donors (Lipinski definition) is 1. The van der Waals surface area contributed by atoms with Crippen molar-refractivity contribution in [2.75, 3.05) is 13.1 Å². The number of piperidine rings is 1. The highest BCUT2D eigenvalue weighted by Crippen LogP contribution is 2.27. The van der Waals surface area contributed by atoms with Crippen LogP contribution in [0.25, 0.3) is 10.9 Å². The number of fused-ring (bicyclic) bond motifs is 1. The van der Waals surface area contributed by atoms with Crippen LogP contribution in [0.3, 0.4) is 0 Å². The van der Waals surface area contributed by atoms with Crippen molar-refractivity contribution in [3.05, 3.63) is 70.9 Å². The van der Waals surface area contributed by atoms with Crippen molar-refractivity contribution in [3.63, 3.8) is 0 Å². The Hall–Kier alpha value is -2.30. The molecule has 152 valence electrons. The molecule has 0 bridgehead atoms. The van der Waals surface area contributed by atoms with Crippen molar-refractivity contribution in [2.24, 2.45) is 13.0 Å². The summed E-state index contributed by atoms with van der Waals surface area (Å²) in [7, 11) is 2.07. The van der Waals surface area contributed by atoms with Gasteiger partial charge in [0.25, 0.3) is 0 Å². The van der Waals surface area contributed by atoms with Crippen LogP contribution < -0.4 is 5.32 Å². The third kappa shape index (κ3) is 4.49. The molecule has 3 aromatic rings. The van der Waals surface area contributed by atoms with Crippen LogP contribution in [0, 0.1) is 5.92 Å². The minimum absolute atomic E-state index is 0.0437. The van der Waals surface area contributed by atoms with E-state index in [0.29, 0.717) is 0 Å². The standard InChI is InChI=1S/C24H28ClN3O/c1-17(18-6-4-3-5-7-18)26-24(29)19-10-12-28(13-11-19)16-20-15-27(2)23-9-8-21(25)14-22(20)23/h3-9,14-15,17,19H,10-13,16H2,1-2H3,(H,26,29). The maximum absolute atomic E-state index is 12.7. The molecule has 4 rings (SSSR count). The van der Waals surface area contributed by atoms with E-state index in [2.05, 4.69) is 52.3 Å². The lowest BCUT2D eigenvalue weighted by Crippen LogP contribution is -2.40. The average Bonchev–Trinajstić information content (AvgIpc) is 3.03. The molecule has 0 saturated carbocycles. The zero-order valence-corrected chi connectivity index (χ0v) is 17.8. The minimum Gasteiger partial charge on any atom is -0.350 e. The number of amides is 1. The quantitative estimate of drug-likeness (QED) is 0.649. The number of rotatable bonds is 5. The monoisotopic (exact) mass is 409 g/mol. The highest BCUT2D eigenvalue weighted by Gasteiger charge is 2.26.